The first-order chi connectivity index (χ1) is 12.1. The summed E-state index contributed by atoms with van der Waals surface area (Å²) in [4.78, 5) is 35.6. The fraction of sp³-hybridized carbons (Fsp3) is 0.250. The highest BCUT2D eigenvalue weighted by Crippen LogP contribution is 2.24. The van der Waals surface area contributed by atoms with E-state index in [1.165, 1.54) is 24.3 Å². The van der Waals surface area contributed by atoms with E-state index in [4.69, 9.17) is 5.11 Å². The summed E-state index contributed by atoms with van der Waals surface area (Å²) in [6, 6.07) is 11.0. The molecular formula is C20H22N2O4. The Labute approximate surface area is 152 Å². The van der Waals surface area contributed by atoms with Crippen LogP contribution in [-0.2, 0) is 4.79 Å². The Morgan fingerprint density at radius 2 is 1.58 bits per heavy atom. The minimum atomic E-state index is -1.10. The van der Waals surface area contributed by atoms with Crippen LogP contribution in [0.1, 0.15) is 47.1 Å². The Balaban J connectivity index is 2.21. The standard InChI is InChI=1S/C20H22N2O4/c1-12-8-9-15(11-16(12)22-19(26)20(2,3)4)21-17(23)13-6-5-7-14(10-13)18(24)25/h5-11H,1-4H3,(H,21,23)(H,22,26)(H,24,25). The lowest BCUT2D eigenvalue weighted by Gasteiger charge is -2.19. The van der Waals surface area contributed by atoms with E-state index >= 15 is 0 Å². The van der Waals surface area contributed by atoms with Crippen LogP contribution in [0.25, 0.3) is 0 Å². The van der Waals surface area contributed by atoms with Crippen molar-refractivity contribution < 1.29 is 19.5 Å². The maximum Gasteiger partial charge on any atom is 0.335 e. The molecule has 0 aliphatic carbocycles. The summed E-state index contributed by atoms with van der Waals surface area (Å²) in [7, 11) is 0. The molecule has 0 aromatic heterocycles. The molecule has 0 bridgehead atoms. The molecular weight excluding hydrogens is 332 g/mol. The van der Waals surface area contributed by atoms with E-state index in [1.807, 2.05) is 27.7 Å². The second kappa shape index (κ2) is 7.39. The fourth-order valence-corrected chi connectivity index (χ4v) is 2.14. The molecule has 136 valence electrons. The van der Waals surface area contributed by atoms with Crippen molar-refractivity contribution in [1.82, 2.24) is 0 Å². The van der Waals surface area contributed by atoms with Gasteiger partial charge in [-0.15, -0.1) is 0 Å². The Bertz CT molecular complexity index is 866. The summed E-state index contributed by atoms with van der Waals surface area (Å²) in [5.41, 5.74) is 1.73. The Hall–Kier alpha value is -3.15. The zero-order chi connectivity index (χ0) is 19.5. The molecule has 0 aliphatic rings. The summed E-state index contributed by atoms with van der Waals surface area (Å²) in [5, 5.41) is 14.6. The van der Waals surface area contributed by atoms with Crippen molar-refractivity contribution in [3.05, 3.63) is 59.2 Å². The zero-order valence-electron chi connectivity index (χ0n) is 15.2. The third-order valence-electron chi connectivity index (χ3n) is 3.80. The van der Waals surface area contributed by atoms with Gasteiger partial charge in [0.1, 0.15) is 0 Å². The van der Waals surface area contributed by atoms with Crippen molar-refractivity contribution in [2.24, 2.45) is 5.41 Å². The third kappa shape index (κ3) is 4.69. The second-order valence-electron chi connectivity index (χ2n) is 7.07. The number of hydrogen-bond donors (Lipinski definition) is 3. The van der Waals surface area contributed by atoms with Crippen LogP contribution in [0.15, 0.2) is 42.5 Å². The van der Waals surface area contributed by atoms with Gasteiger partial charge in [0, 0.05) is 22.4 Å². The van der Waals surface area contributed by atoms with Gasteiger partial charge in [0.05, 0.1) is 5.56 Å². The van der Waals surface area contributed by atoms with Gasteiger partial charge in [-0.05, 0) is 42.8 Å². The van der Waals surface area contributed by atoms with E-state index in [-0.39, 0.29) is 17.0 Å². The zero-order valence-corrected chi connectivity index (χ0v) is 15.2. The summed E-state index contributed by atoms with van der Waals surface area (Å²) in [6.45, 7) is 7.32. The number of anilines is 2. The van der Waals surface area contributed by atoms with Gasteiger partial charge in [-0.3, -0.25) is 9.59 Å². The van der Waals surface area contributed by atoms with Gasteiger partial charge in [0.15, 0.2) is 0 Å². The topological polar surface area (TPSA) is 95.5 Å². The van der Waals surface area contributed by atoms with Crippen LogP contribution in [0, 0.1) is 12.3 Å². The Morgan fingerprint density at radius 1 is 0.923 bits per heavy atom. The van der Waals surface area contributed by atoms with Crippen molar-refractivity contribution in [3.63, 3.8) is 0 Å². The minimum absolute atomic E-state index is 0.0414. The van der Waals surface area contributed by atoms with Crippen molar-refractivity contribution >= 4 is 29.2 Å². The molecule has 0 atom stereocenters. The number of carbonyl (C=O) groups excluding carboxylic acids is 2. The highest BCUT2D eigenvalue weighted by molar-refractivity contribution is 6.06. The predicted octanol–water partition coefficient (Wildman–Crippen LogP) is 3.93. The van der Waals surface area contributed by atoms with E-state index in [2.05, 4.69) is 10.6 Å². The number of carboxylic acid groups (broad SMARTS) is 1. The Kier molecular flexibility index (Phi) is 5.45. The van der Waals surface area contributed by atoms with E-state index in [9.17, 15) is 14.4 Å². The first kappa shape index (κ1) is 19.2. The number of carbonyl (C=O) groups is 3. The van der Waals surface area contributed by atoms with Crippen LogP contribution in [0.3, 0.4) is 0 Å². The summed E-state index contributed by atoms with van der Waals surface area (Å²) in [5.74, 6) is -1.65. The number of aryl methyl sites for hydroxylation is 1. The highest BCUT2D eigenvalue weighted by atomic mass is 16.4. The van der Waals surface area contributed by atoms with Crippen molar-refractivity contribution in [3.8, 4) is 0 Å². The molecule has 0 spiro atoms. The molecule has 0 saturated carbocycles. The monoisotopic (exact) mass is 354 g/mol. The SMILES string of the molecule is Cc1ccc(NC(=O)c2cccc(C(=O)O)c2)cc1NC(=O)C(C)(C)C. The van der Waals surface area contributed by atoms with Crippen LogP contribution in [0.5, 0.6) is 0 Å². The fourth-order valence-electron chi connectivity index (χ4n) is 2.14. The number of hydrogen-bond acceptors (Lipinski definition) is 3. The third-order valence-corrected chi connectivity index (χ3v) is 3.80. The molecule has 0 aliphatic heterocycles. The number of amides is 2. The van der Waals surface area contributed by atoms with Crippen LogP contribution in [-0.4, -0.2) is 22.9 Å². The maximum absolute atomic E-state index is 12.4. The first-order valence-corrected chi connectivity index (χ1v) is 8.15. The second-order valence-corrected chi connectivity index (χ2v) is 7.07. The maximum atomic E-state index is 12.4. The average Bonchev–Trinajstić information content (AvgIpc) is 2.57. The van der Waals surface area contributed by atoms with E-state index in [1.54, 1.807) is 18.2 Å². The van der Waals surface area contributed by atoms with Gasteiger partial charge >= 0.3 is 5.97 Å². The Morgan fingerprint density at radius 3 is 2.19 bits per heavy atom. The smallest absolute Gasteiger partial charge is 0.335 e. The molecule has 0 fully saturated rings. The quantitative estimate of drug-likeness (QED) is 0.775. The molecule has 0 saturated heterocycles. The number of aromatic carboxylic acids is 1. The average molecular weight is 354 g/mol. The molecule has 0 unspecified atom stereocenters. The summed E-state index contributed by atoms with van der Waals surface area (Å²) < 4.78 is 0. The lowest BCUT2D eigenvalue weighted by molar-refractivity contribution is -0.123. The van der Waals surface area contributed by atoms with Gasteiger partial charge in [-0.2, -0.15) is 0 Å². The molecule has 2 aromatic rings. The van der Waals surface area contributed by atoms with Crippen LogP contribution in [0.2, 0.25) is 0 Å². The lowest BCUT2D eigenvalue weighted by Crippen LogP contribution is -2.28. The summed E-state index contributed by atoms with van der Waals surface area (Å²) >= 11 is 0. The van der Waals surface area contributed by atoms with Crippen LogP contribution >= 0.6 is 0 Å². The van der Waals surface area contributed by atoms with Crippen molar-refractivity contribution in [2.45, 2.75) is 27.7 Å². The van der Waals surface area contributed by atoms with E-state index < -0.39 is 17.3 Å². The lowest BCUT2D eigenvalue weighted by atomic mass is 9.95. The number of carboxylic acids is 1. The van der Waals surface area contributed by atoms with Gasteiger partial charge in [0.25, 0.3) is 5.91 Å². The molecule has 2 rings (SSSR count). The number of benzene rings is 2. The molecule has 26 heavy (non-hydrogen) atoms. The molecule has 2 aromatic carbocycles. The van der Waals surface area contributed by atoms with Gasteiger partial charge in [-0.1, -0.05) is 32.9 Å². The van der Waals surface area contributed by atoms with Gasteiger partial charge in [0.2, 0.25) is 5.91 Å². The predicted molar refractivity (Wildman–Crippen MR) is 101 cm³/mol. The van der Waals surface area contributed by atoms with Crippen molar-refractivity contribution in [1.29, 1.82) is 0 Å². The molecule has 3 N–H and O–H groups in total. The van der Waals surface area contributed by atoms with Gasteiger partial charge in [-0.25, -0.2) is 4.79 Å². The molecule has 2 amide bonds. The minimum Gasteiger partial charge on any atom is -0.478 e. The summed E-state index contributed by atoms with van der Waals surface area (Å²) in [6.07, 6.45) is 0. The largest absolute Gasteiger partial charge is 0.478 e. The highest BCUT2D eigenvalue weighted by Gasteiger charge is 2.22. The number of rotatable bonds is 4. The van der Waals surface area contributed by atoms with Crippen LogP contribution in [0.4, 0.5) is 11.4 Å². The van der Waals surface area contributed by atoms with E-state index in [0.717, 1.165) is 5.56 Å². The molecule has 0 radical (unpaired) electrons. The molecule has 6 nitrogen and oxygen atoms in total. The first-order valence-electron chi connectivity index (χ1n) is 8.15. The van der Waals surface area contributed by atoms with Crippen molar-refractivity contribution in [2.75, 3.05) is 10.6 Å². The van der Waals surface area contributed by atoms with Crippen LogP contribution < -0.4 is 10.6 Å². The van der Waals surface area contributed by atoms with Gasteiger partial charge < -0.3 is 15.7 Å². The molecule has 0 heterocycles. The number of nitrogens with one attached hydrogen (secondary N) is 2. The normalized spacial score (nSPS) is 10.9. The van der Waals surface area contributed by atoms with E-state index in [0.29, 0.717) is 11.4 Å². The molecule has 6 heteroatoms.